The van der Waals surface area contributed by atoms with Gasteiger partial charge in [-0.1, -0.05) is 52.0 Å². The molecule has 0 aliphatic rings. The Labute approximate surface area is 116 Å². The summed E-state index contributed by atoms with van der Waals surface area (Å²) >= 11 is 0. The van der Waals surface area contributed by atoms with Crippen LogP contribution in [-0.2, 0) is 17.8 Å². The Balaban J connectivity index is 2.35. The molecule has 0 aromatic heterocycles. The molecule has 0 unspecified atom stereocenters. The normalized spacial score (nSPS) is 11.1. The molecule has 0 saturated heterocycles. The van der Waals surface area contributed by atoms with Crippen molar-refractivity contribution >= 4 is 5.91 Å². The molecule has 106 valence electrons. The zero-order valence-corrected chi connectivity index (χ0v) is 12.5. The van der Waals surface area contributed by atoms with E-state index in [1.165, 1.54) is 5.56 Å². The number of hydrogen-bond donors (Lipinski definition) is 2. The van der Waals surface area contributed by atoms with Gasteiger partial charge in [0.2, 0.25) is 5.91 Å². The summed E-state index contributed by atoms with van der Waals surface area (Å²) in [6, 6.07) is 8.81. The summed E-state index contributed by atoms with van der Waals surface area (Å²) < 4.78 is 0. The third kappa shape index (κ3) is 6.97. The quantitative estimate of drug-likeness (QED) is 0.792. The number of hydrogen-bond acceptors (Lipinski definition) is 2. The third-order valence-electron chi connectivity index (χ3n) is 2.83. The molecule has 0 saturated carbocycles. The maximum Gasteiger partial charge on any atom is 0.234 e. The second-order valence-corrected chi connectivity index (χ2v) is 5.73. The van der Waals surface area contributed by atoms with Crippen molar-refractivity contribution in [2.45, 2.75) is 46.7 Å². The van der Waals surface area contributed by atoms with Gasteiger partial charge in [-0.15, -0.1) is 0 Å². The van der Waals surface area contributed by atoms with Crippen molar-refractivity contribution in [2.24, 2.45) is 5.92 Å². The topological polar surface area (TPSA) is 41.1 Å². The van der Waals surface area contributed by atoms with E-state index in [-0.39, 0.29) is 5.91 Å². The second-order valence-electron chi connectivity index (χ2n) is 5.73. The number of carbonyl (C=O) groups is 1. The minimum absolute atomic E-state index is 0.0416. The van der Waals surface area contributed by atoms with Gasteiger partial charge < -0.3 is 10.6 Å². The molecule has 2 N–H and O–H groups in total. The second kappa shape index (κ2) is 7.95. The first kappa shape index (κ1) is 15.7. The Hall–Kier alpha value is -1.35. The fourth-order valence-electron chi connectivity index (χ4n) is 1.82. The van der Waals surface area contributed by atoms with E-state index in [1.807, 2.05) is 13.8 Å². The van der Waals surface area contributed by atoms with Gasteiger partial charge in [-0.25, -0.2) is 0 Å². The molecule has 3 nitrogen and oxygen atoms in total. The first-order chi connectivity index (χ1) is 8.97. The minimum Gasteiger partial charge on any atom is -0.351 e. The van der Waals surface area contributed by atoms with Crippen molar-refractivity contribution < 1.29 is 4.79 Å². The minimum atomic E-state index is 0.0416. The summed E-state index contributed by atoms with van der Waals surface area (Å²) in [5.74, 6) is 0.715. The molecule has 3 heteroatoms. The molecule has 1 aromatic rings. The molecule has 19 heavy (non-hydrogen) atoms. The van der Waals surface area contributed by atoms with Crippen LogP contribution in [0.15, 0.2) is 24.3 Å². The zero-order chi connectivity index (χ0) is 14.3. The van der Waals surface area contributed by atoms with Gasteiger partial charge in [0.05, 0.1) is 6.54 Å². The Morgan fingerprint density at radius 3 is 2.16 bits per heavy atom. The van der Waals surface area contributed by atoms with Gasteiger partial charge in [-0.05, 0) is 23.5 Å². The molecule has 0 spiro atoms. The first-order valence-electron chi connectivity index (χ1n) is 7.05. The van der Waals surface area contributed by atoms with Crippen LogP contribution >= 0.6 is 0 Å². The van der Waals surface area contributed by atoms with Crippen LogP contribution in [0.4, 0.5) is 0 Å². The fourth-order valence-corrected chi connectivity index (χ4v) is 1.82. The average Bonchev–Trinajstić information content (AvgIpc) is 2.35. The van der Waals surface area contributed by atoms with Crippen molar-refractivity contribution in [1.29, 1.82) is 0 Å². The number of carbonyl (C=O) groups excluding carboxylic acids is 1. The monoisotopic (exact) mass is 262 g/mol. The van der Waals surface area contributed by atoms with Gasteiger partial charge in [0.1, 0.15) is 0 Å². The summed E-state index contributed by atoms with van der Waals surface area (Å²) in [6.07, 6.45) is 1.10. The van der Waals surface area contributed by atoms with Crippen LogP contribution in [0, 0.1) is 5.92 Å². The highest BCUT2D eigenvalue weighted by Crippen LogP contribution is 2.09. The molecule has 0 aliphatic heterocycles. The highest BCUT2D eigenvalue weighted by atomic mass is 16.1. The van der Waals surface area contributed by atoms with Crippen molar-refractivity contribution in [2.75, 3.05) is 6.54 Å². The predicted octanol–water partition coefficient (Wildman–Crippen LogP) is 2.50. The summed E-state index contributed by atoms with van der Waals surface area (Å²) in [6.45, 7) is 9.47. The SMILES string of the molecule is CC(C)Cc1ccc(CNC(=O)CNC(C)C)cc1. The molecule has 1 rings (SSSR count). The van der Waals surface area contributed by atoms with Crippen molar-refractivity contribution in [1.82, 2.24) is 10.6 Å². The summed E-state index contributed by atoms with van der Waals surface area (Å²) in [5.41, 5.74) is 2.50. The summed E-state index contributed by atoms with van der Waals surface area (Å²) in [5, 5.41) is 6.01. The van der Waals surface area contributed by atoms with Crippen LogP contribution in [0.5, 0.6) is 0 Å². The Morgan fingerprint density at radius 2 is 1.63 bits per heavy atom. The molecule has 0 radical (unpaired) electrons. The van der Waals surface area contributed by atoms with Crippen molar-refractivity contribution in [3.63, 3.8) is 0 Å². The van der Waals surface area contributed by atoms with Gasteiger partial charge in [-0.3, -0.25) is 4.79 Å². The van der Waals surface area contributed by atoms with E-state index in [0.29, 0.717) is 25.0 Å². The number of amides is 1. The molecule has 0 fully saturated rings. The molecule has 0 atom stereocenters. The molecular formula is C16H26N2O. The van der Waals surface area contributed by atoms with Crippen LogP contribution in [0.3, 0.4) is 0 Å². The van der Waals surface area contributed by atoms with E-state index >= 15 is 0 Å². The Morgan fingerprint density at radius 1 is 1.05 bits per heavy atom. The first-order valence-corrected chi connectivity index (χ1v) is 7.05. The number of benzene rings is 1. The molecule has 1 aromatic carbocycles. The van der Waals surface area contributed by atoms with Gasteiger partial charge in [-0.2, -0.15) is 0 Å². The van der Waals surface area contributed by atoms with E-state index in [0.717, 1.165) is 12.0 Å². The number of rotatable bonds is 7. The lowest BCUT2D eigenvalue weighted by atomic mass is 10.0. The highest BCUT2D eigenvalue weighted by Gasteiger charge is 2.02. The molecule has 0 heterocycles. The number of nitrogens with one attached hydrogen (secondary N) is 2. The van der Waals surface area contributed by atoms with Crippen LogP contribution in [0.1, 0.15) is 38.8 Å². The summed E-state index contributed by atoms with van der Waals surface area (Å²) in [4.78, 5) is 11.6. The van der Waals surface area contributed by atoms with Crippen LogP contribution in [0.25, 0.3) is 0 Å². The highest BCUT2D eigenvalue weighted by molar-refractivity contribution is 5.77. The van der Waals surface area contributed by atoms with Gasteiger partial charge in [0.25, 0.3) is 0 Å². The van der Waals surface area contributed by atoms with Gasteiger partial charge in [0.15, 0.2) is 0 Å². The standard InChI is InChI=1S/C16H26N2O/c1-12(2)9-14-5-7-15(8-6-14)10-18-16(19)11-17-13(3)4/h5-8,12-13,17H,9-11H2,1-4H3,(H,18,19). The fraction of sp³-hybridized carbons (Fsp3) is 0.562. The Bertz CT molecular complexity index is 382. The van der Waals surface area contributed by atoms with Crippen molar-refractivity contribution in [3.05, 3.63) is 35.4 Å². The predicted molar refractivity (Wildman–Crippen MR) is 80.0 cm³/mol. The molecular weight excluding hydrogens is 236 g/mol. The van der Waals surface area contributed by atoms with Gasteiger partial charge in [0, 0.05) is 12.6 Å². The van der Waals surface area contributed by atoms with E-state index in [9.17, 15) is 4.79 Å². The van der Waals surface area contributed by atoms with E-state index < -0.39 is 0 Å². The van der Waals surface area contributed by atoms with Gasteiger partial charge >= 0.3 is 0 Å². The maximum atomic E-state index is 11.6. The van der Waals surface area contributed by atoms with E-state index in [4.69, 9.17) is 0 Å². The van der Waals surface area contributed by atoms with Crippen LogP contribution < -0.4 is 10.6 Å². The smallest absolute Gasteiger partial charge is 0.234 e. The van der Waals surface area contributed by atoms with E-state index in [1.54, 1.807) is 0 Å². The lowest BCUT2D eigenvalue weighted by Crippen LogP contribution is -2.36. The largest absolute Gasteiger partial charge is 0.351 e. The molecule has 0 bridgehead atoms. The third-order valence-corrected chi connectivity index (χ3v) is 2.83. The van der Waals surface area contributed by atoms with Crippen LogP contribution in [0.2, 0.25) is 0 Å². The molecule has 0 aliphatic carbocycles. The lowest BCUT2D eigenvalue weighted by molar-refractivity contribution is -0.120. The van der Waals surface area contributed by atoms with Crippen molar-refractivity contribution in [3.8, 4) is 0 Å². The zero-order valence-electron chi connectivity index (χ0n) is 12.5. The average molecular weight is 262 g/mol. The Kier molecular flexibility index (Phi) is 6.57. The summed E-state index contributed by atoms with van der Waals surface area (Å²) in [7, 11) is 0. The van der Waals surface area contributed by atoms with E-state index in [2.05, 4.69) is 48.7 Å². The lowest BCUT2D eigenvalue weighted by Gasteiger charge is -2.10. The van der Waals surface area contributed by atoms with Crippen LogP contribution in [-0.4, -0.2) is 18.5 Å². The molecule has 1 amide bonds. The maximum absolute atomic E-state index is 11.6.